The van der Waals surface area contributed by atoms with E-state index in [0.717, 1.165) is 24.0 Å². The standard InChI is InChI=1S/C20H23N3O3/c1-26-18(24)13-15-6-4-14(5-7-15)3-2-12-23-20(25)17-10-8-16(9-11-17)19(21)22/h4-11H,2-3,12-13H2,1H3,(H3,21,22)(H,23,25). The van der Waals surface area contributed by atoms with Gasteiger partial charge in [0.2, 0.25) is 0 Å². The number of hydrogen-bond acceptors (Lipinski definition) is 4. The normalized spacial score (nSPS) is 10.2. The predicted molar refractivity (Wildman–Crippen MR) is 100 cm³/mol. The molecule has 6 heteroatoms. The molecule has 0 spiro atoms. The maximum Gasteiger partial charge on any atom is 0.309 e. The summed E-state index contributed by atoms with van der Waals surface area (Å²) >= 11 is 0. The number of benzene rings is 2. The number of nitrogens with one attached hydrogen (secondary N) is 2. The molecule has 0 saturated carbocycles. The predicted octanol–water partition coefficient (Wildman–Crippen LogP) is 2.05. The number of methoxy groups -OCH3 is 1. The monoisotopic (exact) mass is 353 g/mol. The topological polar surface area (TPSA) is 105 Å². The molecule has 136 valence electrons. The van der Waals surface area contributed by atoms with Gasteiger partial charge in [0, 0.05) is 17.7 Å². The molecule has 2 rings (SSSR count). The molecule has 26 heavy (non-hydrogen) atoms. The van der Waals surface area contributed by atoms with Crippen molar-refractivity contribution in [2.24, 2.45) is 5.73 Å². The smallest absolute Gasteiger partial charge is 0.309 e. The van der Waals surface area contributed by atoms with Gasteiger partial charge in [0.25, 0.3) is 5.91 Å². The average Bonchev–Trinajstić information content (AvgIpc) is 2.66. The maximum absolute atomic E-state index is 12.1. The fourth-order valence-electron chi connectivity index (χ4n) is 2.46. The highest BCUT2D eigenvalue weighted by molar-refractivity contribution is 5.98. The van der Waals surface area contributed by atoms with E-state index in [1.54, 1.807) is 24.3 Å². The highest BCUT2D eigenvalue weighted by atomic mass is 16.5. The second kappa shape index (κ2) is 9.36. The van der Waals surface area contributed by atoms with E-state index in [2.05, 4.69) is 10.1 Å². The molecule has 0 radical (unpaired) electrons. The lowest BCUT2D eigenvalue weighted by Gasteiger charge is -2.07. The molecule has 0 aliphatic heterocycles. The molecule has 2 aromatic rings. The van der Waals surface area contributed by atoms with E-state index in [4.69, 9.17) is 11.1 Å². The SMILES string of the molecule is COC(=O)Cc1ccc(CCCNC(=O)c2ccc(C(=N)N)cc2)cc1. The molecule has 6 nitrogen and oxygen atoms in total. The molecule has 0 aliphatic carbocycles. The summed E-state index contributed by atoms with van der Waals surface area (Å²) < 4.78 is 4.65. The number of nitrogens with two attached hydrogens (primary N) is 1. The summed E-state index contributed by atoms with van der Waals surface area (Å²) in [6.45, 7) is 0.567. The molecule has 0 aliphatic rings. The first-order valence-corrected chi connectivity index (χ1v) is 8.37. The van der Waals surface area contributed by atoms with E-state index in [1.165, 1.54) is 7.11 Å². The molecule has 0 unspecified atom stereocenters. The lowest BCUT2D eigenvalue weighted by atomic mass is 10.1. The van der Waals surface area contributed by atoms with Gasteiger partial charge in [-0.15, -0.1) is 0 Å². The first-order chi connectivity index (χ1) is 12.5. The molecule has 0 aromatic heterocycles. The van der Waals surface area contributed by atoms with E-state index >= 15 is 0 Å². The second-order valence-electron chi connectivity index (χ2n) is 5.92. The van der Waals surface area contributed by atoms with Gasteiger partial charge in [0.15, 0.2) is 0 Å². The molecule has 1 amide bonds. The number of carbonyl (C=O) groups is 2. The summed E-state index contributed by atoms with van der Waals surface area (Å²) in [6.07, 6.45) is 1.92. The zero-order valence-corrected chi connectivity index (χ0v) is 14.7. The van der Waals surface area contributed by atoms with Crippen LogP contribution in [0.5, 0.6) is 0 Å². The largest absolute Gasteiger partial charge is 0.469 e. The van der Waals surface area contributed by atoms with Crippen molar-refractivity contribution in [3.8, 4) is 0 Å². The first kappa shape index (κ1) is 19.2. The summed E-state index contributed by atoms with van der Waals surface area (Å²) in [6, 6.07) is 14.4. The van der Waals surface area contributed by atoms with Crippen LogP contribution in [0.25, 0.3) is 0 Å². The van der Waals surface area contributed by atoms with Crippen molar-refractivity contribution in [2.45, 2.75) is 19.3 Å². The van der Waals surface area contributed by atoms with Crippen molar-refractivity contribution >= 4 is 17.7 Å². The Morgan fingerprint density at radius 3 is 2.15 bits per heavy atom. The number of hydrogen-bond donors (Lipinski definition) is 3. The Morgan fingerprint density at radius 2 is 1.58 bits per heavy atom. The fourth-order valence-corrected chi connectivity index (χ4v) is 2.46. The summed E-state index contributed by atoms with van der Waals surface area (Å²) in [4.78, 5) is 23.3. The van der Waals surface area contributed by atoms with Gasteiger partial charge in [0.05, 0.1) is 13.5 Å². The summed E-state index contributed by atoms with van der Waals surface area (Å²) in [7, 11) is 1.38. The number of rotatable bonds is 8. The third-order valence-electron chi connectivity index (χ3n) is 3.98. The quantitative estimate of drug-likeness (QED) is 0.292. The van der Waals surface area contributed by atoms with Crippen LogP contribution in [0.15, 0.2) is 48.5 Å². The van der Waals surface area contributed by atoms with E-state index in [9.17, 15) is 9.59 Å². The van der Waals surface area contributed by atoms with Crippen molar-refractivity contribution < 1.29 is 14.3 Å². The number of amides is 1. The van der Waals surface area contributed by atoms with Crippen LogP contribution in [-0.4, -0.2) is 31.4 Å². The van der Waals surface area contributed by atoms with Crippen molar-refractivity contribution in [3.05, 3.63) is 70.8 Å². The number of esters is 1. The lowest BCUT2D eigenvalue weighted by Crippen LogP contribution is -2.24. The number of ether oxygens (including phenoxy) is 1. The van der Waals surface area contributed by atoms with Crippen molar-refractivity contribution in [3.63, 3.8) is 0 Å². The van der Waals surface area contributed by atoms with Crippen molar-refractivity contribution in [2.75, 3.05) is 13.7 Å². The van der Waals surface area contributed by atoms with Gasteiger partial charge >= 0.3 is 5.97 Å². The van der Waals surface area contributed by atoms with Crippen LogP contribution in [0.1, 0.15) is 33.5 Å². The second-order valence-corrected chi connectivity index (χ2v) is 5.92. The van der Waals surface area contributed by atoms with E-state index in [0.29, 0.717) is 17.7 Å². The molecule has 4 N–H and O–H groups in total. The molecular weight excluding hydrogens is 330 g/mol. The Kier molecular flexibility index (Phi) is 6.91. The van der Waals surface area contributed by atoms with Gasteiger partial charge in [0.1, 0.15) is 5.84 Å². The minimum absolute atomic E-state index is 0.0189. The molecular formula is C20H23N3O3. The minimum Gasteiger partial charge on any atom is -0.469 e. The average molecular weight is 353 g/mol. The van der Waals surface area contributed by atoms with Crippen LogP contribution in [-0.2, 0) is 22.4 Å². The van der Waals surface area contributed by atoms with Gasteiger partial charge in [-0.25, -0.2) is 0 Å². The molecule has 2 aromatic carbocycles. The molecule has 0 bridgehead atoms. The zero-order chi connectivity index (χ0) is 18.9. The van der Waals surface area contributed by atoms with E-state index in [-0.39, 0.29) is 24.1 Å². The van der Waals surface area contributed by atoms with Gasteiger partial charge in [-0.1, -0.05) is 36.4 Å². The van der Waals surface area contributed by atoms with E-state index in [1.807, 2.05) is 24.3 Å². The van der Waals surface area contributed by atoms with Crippen LogP contribution >= 0.6 is 0 Å². The summed E-state index contributed by atoms with van der Waals surface area (Å²) in [5, 5.41) is 10.2. The summed E-state index contributed by atoms with van der Waals surface area (Å²) in [5.74, 6) is -0.417. The number of carbonyl (C=O) groups excluding carboxylic acids is 2. The van der Waals surface area contributed by atoms with Crippen LogP contribution in [0, 0.1) is 5.41 Å². The molecule has 0 fully saturated rings. The Hall–Kier alpha value is -3.15. The van der Waals surface area contributed by atoms with Crippen molar-refractivity contribution in [1.29, 1.82) is 5.41 Å². The first-order valence-electron chi connectivity index (χ1n) is 8.37. The molecule has 0 atom stereocenters. The zero-order valence-electron chi connectivity index (χ0n) is 14.7. The Labute approximate surface area is 152 Å². The molecule has 0 saturated heterocycles. The highest BCUT2D eigenvalue weighted by Crippen LogP contribution is 2.08. The fraction of sp³-hybridized carbons (Fsp3) is 0.250. The van der Waals surface area contributed by atoms with Gasteiger partial charge < -0.3 is 15.8 Å². The number of amidine groups is 1. The maximum atomic E-state index is 12.1. The van der Waals surface area contributed by atoms with Gasteiger partial charge in [-0.3, -0.25) is 15.0 Å². The Morgan fingerprint density at radius 1 is 1.00 bits per heavy atom. The number of nitrogen functional groups attached to an aromatic ring is 1. The van der Waals surface area contributed by atoms with Crippen LogP contribution in [0.4, 0.5) is 0 Å². The number of aryl methyl sites for hydroxylation is 1. The van der Waals surface area contributed by atoms with Crippen molar-refractivity contribution in [1.82, 2.24) is 5.32 Å². The Balaban J connectivity index is 1.75. The lowest BCUT2D eigenvalue weighted by molar-refractivity contribution is -0.139. The van der Waals surface area contributed by atoms with Crippen LogP contribution < -0.4 is 11.1 Å². The van der Waals surface area contributed by atoms with E-state index < -0.39 is 0 Å². The van der Waals surface area contributed by atoms with Gasteiger partial charge in [-0.2, -0.15) is 0 Å². The highest BCUT2D eigenvalue weighted by Gasteiger charge is 2.06. The third-order valence-corrected chi connectivity index (χ3v) is 3.98. The van der Waals surface area contributed by atoms with Gasteiger partial charge in [-0.05, 0) is 36.1 Å². The molecule has 0 heterocycles. The summed E-state index contributed by atoms with van der Waals surface area (Å²) in [5.41, 5.74) is 8.60. The Bertz CT molecular complexity index is 768. The van der Waals surface area contributed by atoms with Crippen LogP contribution in [0.3, 0.4) is 0 Å². The minimum atomic E-state index is -0.253. The van der Waals surface area contributed by atoms with Crippen LogP contribution in [0.2, 0.25) is 0 Å². The third kappa shape index (κ3) is 5.73.